The van der Waals surface area contributed by atoms with Gasteiger partial charge in [0.15, 0.2) is 0 Å². The predicted octanol–water partition coefficient (Wildman–Crippen LogP) is 4.70. The molecule has 0 radical (unpaired) electrons. The highest BCUT2D eigenvalue weighted by Gasteiger charge is 2.11. The lowest BCUT2D eigenvalue weighted by Crippen LogP contribution is -2.24. The second kappa shape index (κ2) is 11.3. The minimum atomic E-state index is -0.368. The molecule has 3 aromatic rings. The summed E-state index contributed by atoms with van der Waals surface area (Å²) < 4.78 is 5.36. The molecule has 30 heavy (non-hydrogen) atoms. The van der Waals surface area contributed by atoms with E-state index in [1.807, 2.05) is 47.8 Å². The Morgan fingerprint density at radius 2 is 1.80 bits per heavy atom. The molecule has 0 saturated carbocycles. The fraction of sp³-hybridized carbons (Fsp3) is 0.292. The number of esters is 1. The van der Waals surface area contributed by atoms with Crippen LogP contribution in [0.5, 0.6) is 0 Å². The lowest BCUT2D eigenvalue weighted by atomic mass is 10.1. The number of nitrogens with one attached hydrogen (secondary N) is 1. The van der Waals surface area contributed by atoms with Gasteiger partial charge in [0.2, 0.25) is 5.91 Å². The minimum absolute atomic E-state index is 0.0834. The molecule has 0 atom stereocenters. The van der Waals surface area contributed by atoms with Crippen molar-refractivity contribution >= 4 is 23.2 Å². The summed E-state index contributed by atoms with van der Waals surface area (Å²) in [6.45, 7) is 2.75. The van der Waals surface area contributed by atoms with Crippen LogP contribution in [-0.2, 0) is 35.5 Å². The molecule has 0 spiro atoms. The third kappa shape index (κ3) is 6.81. The Balaban J connectivity index is 1.43. The summed E-state index contributed by atoms with van der Waals surface area (Å²) in [6.07, 6.45) is 3.52. The molecule has 1 heterocycles. The van der Waals surface area contributed by atoms with Gasteiger partial charge in [-0.15, -0.1) is 11.3 Å². The van der Waals surface area contributed by atoms with Crippen LogP contribution in [0.3, 0.4) is 0 Å². The first-order valence-electron chi connectivity index (χ1n) is 10.1. The number of aromatic nitrogens is 1. The molecule has 0 aliphatic carbocycles. The van der Waals surface area contributed by atoms with Crippen LogP contribution in [0.15, 0.2) is 60.0 Å². The molecular formula is C24H26N2O3S. The smallest absolute Gasteiger partial charge is 0.338 e. The van der Waals surface area contributed by atoms with Gasteiger partial charge in [0.25, 0.3) is 0 Å². The summed E-state index contributed by atoms with van der Waals surface area (Å²) in [4.78, 5) is 28.7. The maximum atomic E-state index is 12.2. The molecule has 0 unspecified atom stereocenters. The van der Waals surface area contributed by atoms with Crippen molar-refractivity contribution in [3.63, 3.8) is 0 Å². The number of carbonyl (C=O) groups excluding carboxylic acids is 2. The van der Waals surface area contributed by atoms with Gasteiger partial charge in [0.05, 0.1) is 17.7 Å². The van der Waals surface area contributed by atoms with Crippen LogP contribution in [0.4, 0.5) is 0 Å². The van der Waals surface area contributed by atoms with E-state index in [0.717, 1.165) is 24.8 Å². The number of amides is 1. The third-order valence-corrected chi connectivity index (χ3v) is 5.50. The number of carbonyl (C=O) groups is 2. The Hall–Kier alpha value is -2.99. The van der Waals surface area contributed by atoms with Crippen molar-refractivity contribution in [3.05, 3.63) is 87.4 Å². The van der Waals surface area contributed by atoms with Crippen LogP contribution >= 0.6 is 11.3 Å². The van der Waals surface area contributed by atoms with Gasteiger partial charge in [-0.2, -0.15) is 0 Å². The topological polar surface area (TPSA) is 68.3 Å². The van der Waals surface area contributed by atoms with Crippen LogP contribution in [-0.4, -0.2) is 16.9 Å². The fourth-order valence-corrected chi connectivity index (χ4v) is 3.68. The Morgan fingerprint density at radius 3 is 2.53 bits per heavy atom. The average molecular weight is 423 g/mol. The van der Waals surface area contributed by atoms with Gasteiger partial charge in [0, 0.05) is 11.9 Å². The third-order valence-electron chi connectivity index (χ3n) is 4.60. The van der Waals surface area contributed by atoms with E-state index in [1.165, 1.54) is 16.9 Å². The summed E-state index contributed by atoms with van der Waals surface area (Å²) in [7, 11) is 0. The van der Waals surface area contributed by atoms with Crippen LogP contribution in [0.25, 0.3) is 0 Å². The fourth-order valence-electron chi connectivity index (χ4n) is 2.90. The number of unbranched alkanes of at least 4 members (excludes halogenated alkanes) is 1. The number of nitrogens with zero attached hydrogens (tertiary/aromatic N) is 1. The van der Waals surface area contributed by atoms with Crippen molar-refractivity contribution < 1.29 is 14.3 Å². The summed E-state index contributed by atoms with van der Waals surface area (Å²) >= 11 is 1.39. The quantitative estimate of drug-likeness (QED) is 0.481. The number of ether oxygens (including phenoxy) is 1. The molecule has 0 aliphatic heterocycles. The summed E-state index contributed by atoms with van der Waals surface area (Å²) in [5.41, 5.74) is 3.46. The second-order valence-corrected chi connectivity index (χ2v) is 7.99. The van der Waals surface area contributed by atoms with Gasteiger partial charge in [-0.25, -0.2) is 9.78 Å². The van der Waals surface area contributed by atoms with Gasteiger partial charge in [-0.3, -0.25) is 4.79 Å². The SMILES string of the molecule is CCCCc1ccc(C(=O)OCc2csc(CC(=O)NCc3ccccc3)n2)cc1. The molecule has 2 aromatic carbocycles. The van der Waals surface area contributed by atoms with E-state index in [1.54, 1.807) is 12.1 Å². The monoisotopic (exact) mass is 422 g/mol. The van der Waals surface area contributed by atoms with Crippen molar-refractivity contribution in [2.45, 2.75) is 45.8 Å². The van der Waals surface area contributed by atoms with E-state index in [2.05, 4.69) is 17.2 Å². The van der Waals surface area contributed by atoms with Gasteiger partial charge >= 0.3 is 5.97 Å². The van der Waals surface area contributed by atoms with Gasteiger partial charge < -0.3 is 10.1 Å². The number of hydrogen-bond acceptors (Lipinski definition) is 5. The highest BCUT2D eigenvalue weighted by atomic mass is 32.1. The molecule has 156 valence electrons. The zero-order valence-electron chi connectivity index (χ0n) is 17.1. The minimum Gasteiger partial charge on any atom is -0.456 e. The Morgan fingerprint density at radius 1 is 1.03 bits per heavy atom. The van der Waals surface area contributed by atoms with E-state index in [0.29, 0.717) is 22.8 Å². The van der Waals surface area contributed by atoms with E-state index >= 15 is 0 Å². The van der Waals surface area contributed by atoms with Gasteiger partial charge in [0.1, 0.15) is 11.6 Å². The van der Waals surface area contributed by atoms with E-state index in [-0.39, 0.29) is 24.9 Å². The number of benzene rings is 2. The van der Waals surface area contributed by atoms with Crippen molar-refractivity contribution in [1.29, 1.82) is 0 Å². The summed E-state index contributed by atoms with van der Waals surface area (Å²) in [6, 6.07) is 17.3. The molecule has 1 N–H and O–H groups in total. The average Bonchev–Trinajstić information content (AvgIpc) is 3.23. The number of rotatable bonds is 10. The van der Waals surface area contributed by atoms with Crippen LogP contribution in [0, 0.1) is 0 Å². The maximum absolute atomic E-state index is 12.2. The van der Waals surface area contributed by atoms with Crippen molar-refractivity contribution in [3.8, 4) is 0 Å². The molecule has 5 nitrogen and oxygen atoms in total. The number of thiazole rings is 1. The van der Waals surface area contributed by atoms with E-state index < -0.39 is 0 Å². The van der Waals surface area contributed by atoms with E-state index in [9.17, 15) is 9.59 Å². The first-order chi connectivity index (χ1) is 14.6. The standard InChI is InChI=1S/C24H26N2O3S/c1-2-3-7-18-10-12-20(13-11-18)24(28)29-16-21-17-30-23(26-21)14-22(27)25-15-19-8-5-4-6-9-19/h4-6,8-13,17H,2-3,7,14-16H2,1H3,(H,25,27). The molecule has 0 aliphatic rings. The summed E-state index contributed by atoms with van der Waals surface area (Å²) in [5, 5.41) is 5.41. The Bertz CT molecular complexity index is 952. The second-order valence-electron chi connectivity index (χ2n) is 7.05. The predicted molar refractivity (Wildman–Crippen MR) is 118 cm³/mol. The summed E-state index contributed by atoms with van der Waals surface area (Å²) in [5.74, 6) is -0.452. The van der Waals surface area contributed by atoms with Crippen LogP contribution in [0.2, 0.25) is 0 Å². The molecule has 0 bridgehead atoms. The lowest BCUT2D eigenvalue weighted by molar-refractivity contribution is -0.120. The largest absolute Gasteiger partial charge is 0.456 e. The van der Waals surface area contributed by atoms with Gasteiger partial charge in [-0.05, 0) is 36.1 Å². The highest BCUT2D eigenvalue weighted by Crippen LogP contribution is 2.14. The van der Waals surface area contributed by atoms with Crippen molar-refractivity contribution in [1.82, 2.24) is 10.3 Å². The zero-order chi connectivity index (χ0) is 21.2. The number of aryl methyl sites for hydroxylation is 1. The van der Waals surface area contributed by atoms with Crippen molar-refractivity contribution in [2.75, 3.05) is 0 Å². The van der Waals surface area contributed by atoms with Crippen molar-refractivity contribution in [2.24, 2.45) is 0 Å². The number of hydrogen-bond donors (Lipinski definition) is 1. The molecule has 1 amide bonds. The van der Waals surface area contributed by atoms with Crippen LogP contribution < -0.4 is 5.32 Å². The Labute approximate surface area is 181 Å². The molecule has 6 heteroatoms. The molecule has 3 rings (SSSR count). The first kappa shape index (κ1) is 21.7. The Kier molecular flexibility index (Phi) is 8.15. The zero-order valence-corrected chi connectivity index (χ0v) is 17.9. The maximum Gasteiger partial charge on any atom is 0.338 e. The highest BCUT2D eigenvalue weighted by molar-refractivity contribution is 7.09. The van der Waals surface area contributed by atoms with Gasteiger partial charge in [-0.1, -0.05) is 55.8 Å². The molecule has 0 saturated heterocycles. The molecule has 0 fully saturated rings. The normalized spacial score (nSPS) is 10.6. The van der Waals surface area contributed by atoms with Crippen LogP contribution in [0.1, 0.15) is 52.0 Å². The first-order valence-corrected chi connectivity index (χ1v) is 11.0. The lowest BCUT2D eigenvalue weighted by Gasteiger charge is -2.05. The molecular weight excluding hydrogens is 396 g/mol. The molecule has 1 aromatic heterocycles. The van der Waals surface area contributed by atoms with E-state index in [4.69, 9.17) is 4.74 Å².